The van der Waals surface area contributed by atoms with Crippen LogP contribution >= 0.6 is 34.3 Å². The topological polar surface area (TPSA) is 81.2 Å². The average Bonchev–Trinajstić information content (AvgIpc) is 3.39. The van der Waals surface area contributed by atoms with Gasteiger partial charge in [-0.1, -0.05) is 35.9 Å². The van der Waals surface area contributed by atoms with E-state index in [9.17, 15) is 9.59 Å². The molecule has 0 unspecified atom stereocenters. The van der Waals surface area contributed by atoms with Crippen LogP contribution in [0, 0.1) is 0 Å². The van der Waals surface area contributed by atoms with Crippen molar-refractivity contribution >= 4 is 56.4 Å². The number of aromatic nitrogens is 2. The highest BCUT2D eigenvalue weighted by Crippen LogP contribution is 2.26. The summed E-state index contributed by atoms with van der Waals surface area (Å²) >= 11 is 9.04. The Kier molecular flexibility index (Phi) is 6.91. The van der Waals surface area contributed by atoms with Gasteiger partial charge in [0.15, 0.2) is 6.61 Å². The highest BCUT2D eigenvalue weighted by molar-refractivity contribution is 7.18. The summed E-state index contributed by atoms with van der Waals surface area (Å²) in [6, 6.07) is 15.3. The molecule has 2 aromatic carbocycles. The van der Waals surface area contributed by atoms with Gasteiger partial charge in [0.1, 0.15) is 5.01 Å². The molecular weight excluding hydrogens is 454 g/mol. The van der Waals surface area contributed by atoms with Crippen LogP contribution in [-0.2, 0) is 27.2 Å². The molecular formula is C22H18ClN3O3S2. The van der Waals surface area contributed by atoms with Gasteiger partial charge in [0, 0.05) is 28.9 Å². The van der Waals surface area contributed by atoms with Crippen molar-refractivity contribution in [2.75, 3.05) is 13.2 Å². The summed E-state index contributed by atoms with van der Waals surface area (Å²) < 4.78 is 6.20. The van der Waals surface area contributed by atoms with Crippen molar-refractivity contribution in [1.82, 2.24) is 15.3 Å². The van der Waals surface area contributed by atoms with Crippen LogP contribution in [0.1, 0.15) is 10.7 Å². The Morgan fingerprint density at radius 2 is 1.97 bits per heavy atom. The molecule has 31 heavy (non-hydrogen) atoms. The molecule has 1 amide bonds. The molecule has 0 aliphatic carbocycles. The molecule has 6 nitrogen and oxygen atoms in total. The van der Waals surface area contributed by atoms with Crippen LogP contribution in [0.5, 0.6) is 0 Å². The summed E-state index contributed by atoms with van der Waals surface area (Å²) in [4.78, 5) is 33.0. The van der Waals surface area contributed by atoms with Crippen molar-refractivity contribution in [3.63, 3.8) is 0 Å². The van der Waals surface area contributed by atoms with Crippen molar-refractivity contribution < 1.29 is 14.3 Å². The number of carbonyl (C=O) groups is 2. The lowest BCUT2D eigenvalue weighted by atomic mass is 10.2. The zero-order valence-corrected chi connectivity index (χ0v) is 18.7. The number of hydrogen-bond acceptors (Lipinski definition) is 7. The molecule has 4 rings (SSSR count). The fraction of sp³-hybridized carbons (Fsp3) is 0.182. The maximum Gasteiger partial charge on any atom is 0.312 e. The lowest BCUT2D eigenvalue weighted by Crippen LogP contribution is -2.30. The van der Waals surface area contributed by atoms with E-state index in [4.69, 9.17) is 16.3 Å². The predicted molar refractivity (Wildman–Crippen MR) is 124 cm³/mol. The summed E-state index contributed by atoms with van der Waals surface area (Å²) in [7, 11) is 0. The molecule has 9 heteroatoms. The standard InChI is InChI=1S/C22H18ClN3O3S2/c23-15-5-3-4-14(10-15)22-25-16(13-30-22)11-21(28)29-12-19(27)24-9-8-20-26-17-6-1-2-7-18(17)31-20/h1-7,10,13H,8-9,11-12H2,(H,24,27). The van der Waals surface area contributed by atoms with E-state index in [1.165, 1.54) is 11.3 Å². The zero-order chi connectivity index (χ0) is 21.6. The molecule has 0 aliphatic heterocycles. The second-order valence-corrected chi connectivity index (χ2v) is 9.08. The van der Waals surface area contributed by atoms with E-state index >= 15 is 0 Å². The lowest BCUT2D eigenvalue weighted by Gasteiger charge is -2.05. The Morgan fingerprint density at radius 3 is 2.81 bits per heavy atom. The van der Waals surface area contributed by atoms with Gasteiger partial charge in [0.25, 0.3) is 5.91 Å². The number of halogens is 1. The molecule has 0 aliphatic rings. The molecule has 158 valence electrons. The summed E-state index contributed by atoms with van der Waals surface area (Å²) in [6.45, 7) is 0.120. The zero-order valence-electron chi connectivity index (χ0n) is 16.3. The molecule has 2 aromatic heterocycles. The Balaban J connectivity index is 1.19. The van der Waals surface area contributed by atoms with Crippen LogP contribution in [0.15, 0.2) is 53.9 Å². The third-order valence-electron chi connectivity index (χ3n) is 4.31. The van der Waals surface area contributed by atoms with Crippen molar-refractivity contribution in [2.24, 2.45) is 0 Å². The van der Waals surface area contributed by atoms with Gasteiger partial charge in [-0.05, 0) is 24.3 Å². The van der Waals surface area contributed by atoms with Gasteiger partial charge >= 0.3 is 5.97 Å². The first-order valence-electron chi connectivity index (χ1n) is 9.54. The minimum Gasteiger partial charge on any atom is -0.455 e. The monoisotopic (exact) mass is 471 g/mol. The van der Waals surface area contributed by atoms with Crippen molar-refractivity contribution in [2.45, 2.75) is 12.8 Å². The van der Waals surface area contributed by atoms with Crippen LogP contribution < -0.4 is 5.32 Å². The number of thiazole rings is 2. The molecule has 0 saturated carbocycles. The Labute approximate surface area is 191 Å². The first-order chi connectivity index (χ1) is 15.1. The molecule has 0 spiro atoms. The number of para-hydroxylation sites is 1. The fourth-order valence-corrected chi connectivity index (χ4v) is 4.85. The first-order valence-corrected chi connectivity index (χ1v) is 11.6. The molecule has 4 aromatic rings. The summed E-state index contributed by atoms with van der Waals surface area (Å²) in [5.41, 5.74) is 2.45. The Bertz CT molecular complexity index is 1190. The second-order valence-electron chi connectivity index (χ2n) is 6.67. The van der Waals surface area contributed by atoms with Crippen LogP contribution in [0.4, 0.5) is 0 Å². The number of hydrogen-bond donors (Lipinski definition) is 1. The van der Waals surface area contributed by atoms with E-state index in [0.29, 0.717) is 23.7 Å². The lowest BCUT2D eigenvalue weighted by molar-refractivity contribution is -0.147. The van der Waals surface area contributed by atoms with E-state index in [1.807, 2.05) is 42.5 Å². The highest BCUT2D eigenvalue weighted by atomic mass is 35.5. The van der Waals surface area contributed by atoms with Crippen LogP contribution in [0.3, 0.4) is 0 Å². The van der Waals surface area contributed by atoms with Gasteiger partial charge in [-0.25, -0.2) is 9.97 Å². The second kappa shape index (κ2) is 10.00. The third kappa shape index (κ3) is 5.88. The number of rotatable bonds is 8. The minimum absolute atomic E-state index is 0.00997. The van der Waals surface area contributed by atoms with E-state index in [1.54, 1.807) is 22.8 Å². The maximum absolute atomic E-state index is 12.0. The number of nitrogens with zero attached hydrogens (tertiary/aromatic N) is 2. The van der Waals surface area contributed by atoms with Crippen LogP contribution in [0.2, 0.25) is 5.02 Å². The fourth-order valence-electron chi connectivity index (χ4n) is 2.87. The smallest absolute Gasteiger partial charge is 0.312 e. The molecule has 2 heterocycles. The first kappa shape index (κ1) is 21.4. The highest BCUT2D eigenvalue weighted by Gasteiger charge is 2.12. The number of fused-ring (bicyclic) bond motifs is 1. The SMILES string of the molecule is O=C(COC(=O)Cc1csc(-c2cccc(Cl)c2)n1)NCCc1nc2ccccc2s1. The van der Waals surface area contributed by atoms with E-state index in [0.717, 1.165) is 25.8 Å². The van der Waals surface area contributed by atoms with Gasteiger partial charge in [0.05, 0.1) is 27.3 Å². The van der Waals surface area contributed by atoms with Gasteiger partial charge in [0.2, 0.25) is 0 Å². The van der Waals surface area contributed by atoms with Gasteiger partial charge in [-0.2, -0.15) is 0 Å². The van der Waals surface area contributed by atoms with E-state index < -0.39 is 5.97 Å². The van der Waals surface area contributed by atoms with Gasteiger partial charge in [-0.3, -0.25) is 9.59 Å². The number of esters is 1. The molecule has 0 radical (unpaired) electrons. The summed E-state index contributed by atoms with van der Waals surface area (Å²) in [6.07, 6.45) is 0.639. The maximum atomic E-state index is 12.0. The molecule has 0 fully saturated rings. The third-order valence-corrected chi connectivity index (χ3v) is 6.58. The quantitative estimate of drug-likeness (QED) is 0.382. The molecule has 0 atom stereocenters. The predicted octanol–water partition coefficient (Wildman–Crippen LogP) is 4.52. The van der Waals surface area contributed by atoms with Crippen molar-refractivity contribution in [3.05, 3.63) is 69.6 Å². The van der Waals surface area contributed by atoms with Gasteiger partial charge < -0.3 is 10.1 Å². The number of nitrogens with one attached hydrogen (secondary N) is 1. The Morgan fingerprint density at radius 1 is 1.10 bits per heavy atom. The van der Waals surface area contributed by atoms with Crippen LogP contribution in [-0.4, -0.2) is 35.0 Å². The largest absolute Gasteiger partial charge is 0.455 e. The van der Waals surface area contributed by atoms with Crippen LogP contribution in [0.25, 0.3) is 20.8 Å². The van der Waals surface area contributed by atoms with Crippen molar-refractivity contribution in [1.29, 1.82) is 0 Å². The normalized spacial score (nSPS) is 10.9. The minimum atomic E-state index is -0.496. The molecule has 1 N–H and O–H groups in total. The van der Waals surface area contributed by atoms with Gasteiger partial charge in [-0.15, -0.1) is 22.7 Å². The number of carbonyl (C=O) groups excluding carboxylic acids is 2. The summed E-state index contributed by atoms with van der Waals surface area (Å²) in [5, 5.41) is 6.91. The number of ether oxygens (including phenoxy) is 1. The van der Waals surface area contributed by atoms with Crippen molar-refractivity contribution in [3.8, 4) is 10.6 Å². The van der Waals surface area contributed by atoms with E-state index in [2.05, 4.69) is 15.3 Å². The summed E-state index contributed by atoms with van der Waals surface area (Å²) in [5.74, 6) is -0.836. The Hall–Kier alpha value is -2.81. The average molecular weight is 472 g/mol. The molecule has 0 saturated heterocycles. The number of amides is 1. The van der Waals surface area contributed by atoms with E-state index in [-0.39, 0.29) is 18.9 Å². The number of benzene rings is 2. The molecule has 0 bridgehead atoms.